The Labute approximate surface area is 215 Å². The highest BCUT2D eigenvalue weighted by Gasteiger charge is 2.30. The second-order valence-electron chi connectivity index (χ2n) is 8.57. The molecule has 0 spiro atoms. The van der Waals surface area contributed by atoms with Crippen LogP contribution in [0.5, 0.6) is 11.5 Å². The Morgan fingerprint density at radius 1 is 0.973 bits per heavy atom. The van der Waals surface area contributed by atoms with Gasteiger partial charge in [-0.3, -0.25) is 9.69 Å². The number of ether oxygens (including phenoxy) is 2. The zero-order valence-corrected chi connectivity index (χ0v) is 21.0. The average Bonchev–Trinajstić information content (AvgIpc) is 2.85. The van der Waals surface area contributed by atoms with Crippen molar-refractivity contribution in [2.45, 2.75) is 33.1 Å². The standard InChI is InChI=1S/C29H31F3N2O3/c1-4-15-34(18-22-11-9-21(3)10-12-22)19-23-13-14-26(27(16-23)36-5-2)37-20-28(35)33-25-8-6-7-24(17-25)29(30,31)32/h4,6-14,16-17H,1,5,15,18-20H2,2-3H3,(H,33,35). The molecule has 0 saturated heterocycles. The lowest BCUT2D eigenvalue weighted by molar-refractivity contribution is -0.137. The minimum absolute atomic E-state index is 0.0414. The van der Waals surface area contributed by atoms with E-state index in [0.717, 1.165) is 24.2 Å². The highest BCUT2D eigenvalue weighted by molar-refractivity contribution is 5.92. The summed E-state index contributed by atoms with van der Waals surface area (Å²) in [4.78, 5) is 14.6. The van der Waals surface area contributed by atoms with Gasteiger partial charge in [-0.2, -0.15) is 13.2 Å². The number of anilines is 1. The number of hydrogen-bond acceptors (Lipinski definition) is 4. The molecule has 0 heterocycles. The number of amides is 1. The average molecular weight is 513 g/mol. The Morgan fingerprint density at radius 2 is 1.68 bits per heavy atom. The molecule has 0 aliphatic heterocycles. The molecule has 0 saturated carbocycles. The fraction of sp³-hybridized carbons (Fsp3) is 0.276. The highest BCUT2D eigenvalue weighted by Crippen LogP contribution is 2.31. The van der Waals surface area contributed by atoms with Gasteiger partial charge in [-0.05, 0) is 55.3 Å². The van der Waals surface area contributed by atoms with Gasteiger partial charge in [-0.1, -0.05) is 48.0 Å². The van der Waals surface area contributed by atoms with Gasteiger partial charge in [0.2, 0.25) is 0 Å². The van der Waals surface area contributed by atoms with Gasteiger partial charge in [0.15, 0.2) is 18.1 Å². The van der Waals surface area contributed by atoms with Gasteiger partial charge in [-0.15, -0.1) is 6.58 Å². The van der Waals surface area contributed by atoms with E-state index in [-0.39, 0.29) is 12.3 Å². The van der Waals surface area contributed by atoms with Crippen LogP contribution in [0, 0.1) is 6.92 Å². The Balaban J connectivity index is 1.65. The van der Waals surface area contributed by atoms with Crippen molar-refractivity contribution in [2.24, 2.45) is 0 Å². The maximum absolute atomic E-state index is 12.9. The third-order valence-corrected chi connectivity index (χ3v) is 5.46. The van der Waals surface area contributed by atoms with E-state index in [0.29, 0.717) is 31.2 Å². The first kappa shape index (κ1) is 27.8. The SMILES string of the molecule is C=CCN(Cc1ccc(C)cc1)Cc1ccc(OCC(=O)Nc2cccc(C(F)(F)F)c2)c(OCC)c1. The van der Waals surface area contributed by atoms with Crippen molar-refractivity contribution in [3.05, 3.63) is 102 Å². The Kier molecular flexibility index (Phi) is 9.74. The molecule has 3 aromatic rings. The number of nitrogens with one attached hydrogen (secondary N) is 1. The fourth-order valence-corrected chi connectivity index (χ4v) is 3.73. The molecule has 0 radical (unpaired) electrons. The molecule has 0 bridgehead atoms. The summed E-state index contributed by atoms with van der Waals surface area (Å²) in [5, 5.41) is 2.43. The molecule has 196 valence electrons. The molecule has 0 unspecified atom stereocenters. The maximum atomic E-state index is 12.9. The van der Waals surface area contributed by atoms with Crippen LogP contribution in [0.4, 0.5) is 18.9 Å². The molecule has 1 N–H and O–H groups in total. The number of benzene rings is 3. The number of hydrogen-bond donors (Lipinski definition) is 1. The fourth-order valence-electron chi connectivity index (χ4n) is 3.73. The number of carbonyl (C=O) groups is 1. The van der Waals surface area contributed by atoms with E-state index in [1.807, 2.05) is 25.1 Å². The van der Waals surface area contributed by atoms with Crippen molar-refractivity contribution in [1.29, 1.82) is 0 Å². The number of halogens is 3. The van der Waals surface area contributed by atoms with Crippen molar-refractivity contribution in [3.8, 4) is 11.5 Å². The van der Waals surface area contributed by atoms with E-state index in [4.69, 9.17) is 9.47 Å². The van der Waals surface area contributed by atoms with Crippen molar-refractivity contribution in [3.63, 3.8) is 0 Å². The van der Waals surface area contributed by atoms with Crippen LogP contribution < -0.4 is 14.8 Å². The van der Waals surface area contributed by atoms with Crippen LogP contribution >= 0.6 is 0 Å². The van der Waals surface area contributed by atoms with E-state index in [9.17, 15) is 18.0 Å². The summed E-state index contributed by atoms with van der Waals surface area (Å²) in [7, 11) is 0. The molecule has 3 aromatic carbocycles. The second-order valence-corrected chi connectivity index (χ2v) is 8.57. The summed E-state index contributed by atoms with van der Waals surface area (Å²) in [6.07, 6.45) is -2.63. The van der Waals surface area contributed by atoms with Gasteiger partial charge in [0.05, 0.1) is 12.2 Å². The summed E-state index contributed by atoms with van der Waals surface area (Å²) in [5.74, 6) is 0.278. The monoisotopic (exact) mass is 512 g/mol. The normalized spacial score (nSPS) is 11.3. The quantitative estimate of drug-likeness (QED) is 0.277. The third kappa shape index (κ3) is 8.68. The van der Waals surface area contributed by atoms with E-state index >= 15 is 0 Å². The summed E-state index contributed by atoms with van der Waals surface area (Å²) < 4.78 is 50.1. The van der Waals surface area contributed by atoms with Crippen LogP contribution in [0.2, 0.25) is 0 Å². The van der Waals surface area contributed by atoms with Gasteiger partial charge < -0.3 is 14.8 Å². The number of rotatable bonds is 12. The van der Waals surface area contributed by atoms with Gasteiger partial charge >= 0.3 is 6.18 Å². The number of nitrogens with zero attached hydrogens (tertiary/aromatic N) is 1. The summed E-state index contributed by atoms with van der Waals surface area (Å²) in [5.41, 5.74) is 2.61. The largest absolute Gasteiger partial charge is 0.490 e. The molecule has 0 aromatic heterocycles. The minimum atomic E-state index is -4.49. The summed E-state index contributed by atoms with van der Waals surface area (Å²) in [6.45, 7) is 9.89. The van der Waals surface area contributed by atoms with Crippen molar-refractivity contribution >= 4 is 11.6 Å². The number of alkyl halides is 3. The van der Waals surface area contributed by atoms with Gasteiger partial charge in [-0.25, -0.2) is 0 Å². The molecule has 0 atom stereocenters. The van der Waals surface area contributed by atoms with Crippen molar-refractivity contribution in [1.82, 2.24) is 4.90 Å². The minimum Gasteiger partial charge on any atom is -0.490 e. The molecular formula is C29H31F3N2O3. The Hall–Kier alpha value is -3.78. The predicted molar refractivity (Wildman–Crippen MR) is 139 cm³/mol. The van der Waals surface area contributed by atoms with Crippen molar-refractivity contribution < 1.29 is 27.4 Å². The lowest BCUT2D eigenvalue weighted by atomic mass is 10.1. The molecule has 37 heavy (non-hydrogen) atoms. The topological polar surface area (TPSA) is 50.8 Å². The lowest BCUT2D eigenvalue weighted by Crippen LogP contribution is -2.23. The number of carbonyl (C=O) groups excluding carboxylic acids is 1. The van der Waals surface area contributed by atoms with Gasteiger partial charge in [0, 0.05) is 25.3 Å². The van der Waals surface area contributed by atoms with Crippen LogP contribution in [0.15, 0.2) is 79.4 Å². The molecule has 0 fully saturated rings. The highest BCUT2D eigenvalue weighted by atomic mass is 19.4. The van der Waals surface area contributed by atoms with Crippen LogP contribution in [0.1, 0.15) is 29.2 Å². The molecule has 0 aliphatic carbocycles. The Morgan fingerprint density at radius 3 is 2.35 bits per heavy atom. The van der Waals surface area contributed by atoms with E-state index in [2.05, 4.69) is 48.0 Å². The Bertz CT molecular complexity index is 1190. The van der Waals surface area contributed by atoms with E-state index in [1.54, 1.807) is 6.07 Å². The third-order valence-electron chi connectivity index (χ3n) is 5.46. The first-order valence-corrected chi connectivity index (χ1v) is 11.9. The van der Waals surface area contributed by atoms with Gasteiger partial charge in [0.25, 0.3) is 5.91 Å². The molecule has 3 rings (SSSR count). The molecule has 5 nitrogen and oxygen atoms in total. The first-order valence-electron chi connectivity index (χ1n) is 11.9. The van der Waals surface area contributed by atoms with Crippen LogP contribution in [0.3, 0.4) is 0 Å². The first-order chi connectivity index (χ1) is 17.7. The lowest BCUT2D eigenvalue weighted by Gasteiger charge is -2.22. The summed E-state index contributed by atoms with van der Waals surface area (Å²) >= 11 is 0. The van der Waals surface area contributed by atoms with Crippen LogP contribution in [-0.2, 0) is 24.1 Å². The zero-order valence-electron chi connectivity index (χ0n) is 21.0. The molecule has 8 heteroatoms. The molecule has 0 aliphatic rings. The maximum Gasteiger partial charge on any atom is 0.416 e. The second kappa shape index (κ2) is 13.0. The van der Waals surface area contributed by atoms with Crippen LogP contribution in [-0.4, -0.2) is 30.6 Å². The molecular weight excluding hydrogens is 481 g/mol. The zero-order chi connectivity index (χ0) is 26.8. The smallest absolute Gasteiger partial charge is 0.416 e. The number of aryl methyl sites for hydroxylation is 1. The van der Waals surface area contributed by atoms with Crippen LogP contribution in [0.25, 0.3) is 0 Å². The van der Waals surface area contributed by atoms with E-state index in [1.165, 1.54) is 23.3 Å². The van der Waals surface area contributed by atoms with Gasteiger partial charge in [0.1, 0.15) is 0 Å². The predicted octanol–water partition coefficient (Wildman–Crippen LogP) is 6.62. The van der Waals surface area contributed by atoms with Crippen molar-refractivity contribution in [2.75, 3.05) is 25.1 Å². The molecule has 1 amide bonds. The van der Waals surface area contributed by atoms with E-state index < -0.39 is 17.6 Å². The summed E-state index contributed by atoms with van der Waals surface area (Å²) in [6, 6.07) is 18.3.